The quantitative estimate of drug-likeness (QED) is 0.231. The molecule has 2 aromatic carbocycles. The predicted molar refractivity (Wildman–Crippen MR) is 159 cm³/mol. The third-order valence-corrected chi connectivity index (χ3v) is 6.40. The molecular formula is C30H37F4N5OS. The van der Waals surface area contributed by atoms with Crippen molar-refractivity contribution >= 4 is 24.7 Å². The van der Waals surface area contributed by atoms with E-state index < -0.39 is 30.0 Å². The van der Waals surface area contributed by atoms with Crippen molar-refractivity contribution in [1.82, 2.24) is 4.90 Å². The third-order valence-electron chi connectivity index (χ3n) is 6.40. The number of anilines is 1. The minimum atomic E-state index is -4.71. The average molecular weight is 592 g/mol. The van der Waals surface area contributed by atoms with E-state index >= 15 is 0 Å². The summed E-state index contributed by atoms with van der Waals surface area (Å²) in [6.45, 7) is 6.80. The number of alkyl halides is 3. The SMILES string of the molecule is CC(C)S.N#Cc1cccc(-c2ccc(N(CCN3CCC(N)C3)C3C=CC(F)=C(C(F)(F)F)C3)cc2)c1.NC=O. The Morgan fingerprint density at radius 2 is 1.83 bits per heavy atom. The standard InChI is InChI=1S/C26H26F4N4.C3H8S.CH3NO/c27-25-9-8-23(15-24(25)26(28,29)30)34(13-12-33-11-10-21(32)17-33)22-6-4-19(5-7-22)20-3-1-2-18(14-20)16-31;1-3(2)4;2-1-3/h1-9,14,21,23H,10-13,15,17,32H2;3-4H,1-2H3;1H,(H2,2,3). The minimum absolute atomic E-state index is 0.111. The molecule has 41 heavy (non-hydrogen) atoms. The van der Waals surface area contributed by atoms with E-state index in [4.69, 9.17) is 15.8 Å². The van der Waals surface area contributed by atoms with Gasteiger partial charge in [0.15, 0.2) is 0 Å². The molecule has 1 saturated heterocycles. The molecule has 0 spiro atoms. The van der Waals surface area contributed by atoms with Gasteiger partial charge in [-0.25, -0.2) is 4.39 Å². The first-order chi connectivity index (χ1) is 19.4. The van der Waals surface area contributed by atoms with Gasteiger partial charge in [0.2, 0.25) is 6.41 Å². The molecule has 0 bridgehead atoms. The van der Waals surface area contributed by atoms with Crippen LogP contribution in [0.25, 0.3) is 11.1 Å². The van der Waals surface area contributed by atoms with E-state index in [2.05, 4.69) is 29.3 Å². The first-order valence-electron chi connectivity index (χ1n) is 13.2. The second kappa shape index (κ2) is 16.2. The Morgan fingerprint density at radius 1 is 1.20 bits per heavy atom. The van der Waals surface area contributed by atoms with Crippen LogP contribution >= 0.6 is 12.6 Å². The summed E-state index contributed by atoms with van der Waals surface area (Å²) < 4.78 is 54.2. The maximum Gasteiger partial charge on any atom is 0.415 e. The fraction of sp³-hybridized carbons (Fsp3) is 0.400. The van der Waals surface area contributed by atoms with Crippen LogP contribution in [0.3, 0.4) is 0 Å². The number of nitriles is 1. The van der Waals surface area contributed by atoms with Crippen LogP contribution in [0.1, 0.15) is 32.3 Å². The fourth-order valence-electron chi connectivity index (χ4n) is 4.55. The molecular weight excluding hydrogens is 554 g/mol. The number of allylic oxidation sites excluding steroid dienone is 2. The third kappa shape index (κ3) is 10.9. The first kappa shape index (κ1) is 33.9. The highest BCUT2D eigenvalue weighted by atomic mass is 32.1. The molecule has 2 atom stereocenters. The zero-order valence-corrected chi connectivity index (χ0v) is 24.1. The van der Waals surface area contributed by atoms with Crippen molar-refractivity contribution in [2.75, 3.05) is 31.1 Å². The van der Waals surface area contributed by atoms with Crippen molar-refractivity contribution < 1.29 is 22.4 Å². The van der Waals surface area contributed by atoms with Crippen LogP contribution in [0.4, 0.5) is 23.2 Å². The number of rotatable bonds is 6. The Labute approximate surface area is 244 Å². The summed E-state index contributed by atoms with van der Waals surface area (Å²) in [5.74, 6) is -1.22. The van der Waals surface area contributed by atoms with Gasteiger partial charge in [-0.3, -0.25) is 9.69 Å². The first-order valence-corrected chi connectivity index (χ1v) is 13.7. The van der Waals surface area contributed by atoms with E-state index in [1.807, 2.05) is 49.1 Å². The Morgan fingerprint density at radius 3 is 2.37 bits per heavy atom. The number of hydrogen-bond donors (Lipinski definition) is 3. The average Bonchev–Trinajstić information content (AvgIpc) is 3.34. The van der Waals surface area contributed by atoms with Crippen molar-refractivity contribution in [2.45, 2.75) is 50.2 Å². The molecule has 1 fully saturated rings. The Hall–Kier alpha value is -3.33. The molecule has 2 aliphatic rings. The molecule has 0 saturated carbocycles. The molecule has 1 aliphatic carbocycles. The number of nitrogens with two attached hydrogens (primary N) is 2. The number of likely N-dealkylation sites (tertiary alicyclic amines) is 1. The van der Waals surface area contributed by atoms with Crippen LogP contribution in [-0.2, 0) is 4.79 Å². The van der Waals surface area contributed by atoms with Crippen molar-refractivity contribution in [3.63, 3.8) is 0 Å². The van der Waals surface area contributed by atoms with Crippen molar-refractivity contribution in [2.24, 2.45) is 11.5 Å². The van der Waals surface area contributed by atoms with Crippen LogP contribution < -0.4 is 16.4 Å². The number of hydrogen-bond acceptors (Lipinski definition) is 6. The summed E-state index contributed by atoms with van der Waals surface area (Å²) in [4.78, 5) is 12.7. The van der Waals surface area contributed by atoms with E-state index in [1.54, 1.807) is 18.2 Å². The number of carbonyl (C=O) groups is 1. The predicted octanol–water partition coefficient (Wildman–Crippen LogP) is 5.61. The molecule has 6 nitrogen and oxygen atoms in total. The smallest absolute Gasteiger partial charge is 0.372 e. The van der Waals surface area contributed by atoms with E-state index in [1.165, 1.54) is 6.08 Å². The number of amides is 1. The van der Waals surface area contributed by atoms with Gasteiger partial charge in [-0.15, -0.1) is 0 Å². The number of primary amides is 1. The van der Waals surface area contributed by atoms with Gasteiger partial charge in [-0.1, -0.05) is 44.2 Å². The highest BCUT2D eigenvalue weighted by molar-refractivity contribution is 7.80. The maximum atomic E-state index is 14.0. The zero-order valence-electron chi connectivity index (χ0n) is 23.2. The molecule has 1 amide bonds. The number of benzene rings is 2. The summed E-state index contributed by atoms with van der Waals surface area (Å²) in [7, 11) is 0. The number of carbonyl (C=O) groups excluding carboxylic acids is 1. The molecule has 11 heteroatoms. The fourth-order valence-corrected chi connectivity index (χ4v) is 4.55. The van der Waals surface area contributed by atoms with Crippen molar-refractivity contribution in [1.29, 1.82) is 5.26 Å². The molecule has 222 valence electrons. The van der Waals surface area contributed by atoms with Gasteiger partial charge in [0, 0.05) is 37.8 Å². The molecule has 1 heterocycles. The van der Waals surface area contributed by atoms with Gasteiger partial charge in [0.25, 0.3) is 0 Å². The summed E-state index contributed by atoms with van der Waals surface area (Å²) in [5, 5.41) is 9.68. The van der Waals surface area contributed by atoms with E-state index in [-0.39, 0.29) is 12.5 Å². The topological polar surface area (TPSA) is 99.4 Å². The van der Waals surface area contributed by atoms with Gasteiger partial charge in [0.1, 0.15) is 5.83 Å². The van der Waals surface area contributed by atoms with Gasteiger partial charge in [-0.2, -0.15) is 31.1 Å². The summed E-state index contributed by atoms with van der Waals surface area (Å²) >= 11 is 3.97. The number of thiol groups is 1. The molecule has 4 N–H and O–H groups in total. The van der Waals surface area contributed by atoms with Gasteiger partial charge in [-0.05, 0) is 59.7 Å². The zero-order chi connectivity index (χ0) is 30.6. The lowest BCUT2D eigenvalue weighted by Gasteiger charge is -2.35. The molecule has 0 radical (unpaired) electrons. The minimum Gasteiger partial charge on any atom is -0.372 e. The molecule has 2 unspecified atom stereocenters. The van der Waals surface area contributed by atoms with Gasteiger partial charge in [0.05, 0.1) is 23.2 Å². The van der Waals surface area contributed by atoms with Crippen LogP contribution in [0, 0.1) is 11.3 Å². The summed E-state index contributed by atoms with van der Waals surface area (Å²) in [6, 6.07) is 16.3. The number of halogens is 4. The lowest BCUT2D eigenvalue weighted by Crippen LogP contribution is -2.42. The normalized spacial score (nSPS) is 18.6. The van der Waals surface area contributed by atoms with Crippen LogP contribution in [0.5, 0.6) is 0 Å². The second-order valence-corrected chi connectivity index (χ2v) is 11.0. The van der Waals surface area contributed by atoms with Crippen LogP contribution in [-0.4, -0.2) is 61.0 Å². The summed E-state index contributed by atoms with van der Waals surface area (Å²) in [5.41, 5.74) is 12.1. The lowest BCUT2D eigenvalue weighted by molar-refractivity contribution is -0.107. The van der Waals surface area contributed by atoms with Crippen LogP contribution in [0.2, 0.25) is 0 Å². The molecule has 2 aromatic rings. The van der Waals surface area contributed by atoms with Gasteiger partial charge >= 0.3 is 6.18 Å². The highest BCUT2D eigenvalue weighted by Crippen LogP contribution is 2.37. The maximum absolute atomic E-state index is 14.0. The Kier molecular flexibility index (Phi) is 13.4. The Bertz CT molecular complexity index is 1220. The molecule has 0 aromatic heterocycles. The monoisotopic (exact) mass is 591 g/mol. The van der Waals surface area contributed by atoms with E-state index in [9.17, 15) is 17.6 Å². The second-order valence-electron chi connectivity index (χ2n) is 9.97. The molecule has 1 aliphatic heterocycles. The number of nitrogens with zero attached hydrogens (tertiary/aromatic N) is 3. The van der Waals surface area contributed by atoms with E-state index in [0.29, 0.717) is 23.9 Å². The molecule has 4 rings (SSSR count). The van der Waals surface area contributed by atoms with Gasteiger partial charge < -0.3 is 16.4 Å². The summed E-state index contributed by atoms with van der Waals surface area (Å²) in [6.07, 6.45) is -1.58. The lowest BCUT2D eigenvalue weighted by atomic mass is 9.96. The highest BCUT2D eigenvalue weighted by Gasteiger charge is 2.40. The Balaban J connectivity index is 0.000000759. The van der Waals surface area contributed by atoms with Crippen molar-refractivity contribution in [3.05, 3.63) is 77.6 Å². The largest absolute Gasteiger partial charge is 0.415 e. The van der Waals surface area contributed by atoms with Crippen LogP contribution in [0.15, 0.2) is 72.1 Å². The van der Waals surface area contributed by atoms with E-state index in [0.717, 1.165) is 42.4 Å². The van der Waals surface area contributed by atoms with Crippen molar-refractivity contribution in [3.8, 4) is 17.2 Å².